The van der Waals surface area contributed by atoms with Crippen LogP contribution in [-0.2, 0) is 9.53 Å². The van der Waals surface area contributed by atoms with Gasteiger partial charge in [0.05, 0.1) is 0 Å². The summed E-state index contributed by atoms with van der Waals surface area (Å²) in [4.78, 5) is 11.3. The van der Waals surface area contributed by atoms with Gasteiger partial charge in [0.15, 0.2) is 12.7 Å². The van der Waals surface area contributed by atoms with Crippen molar-refractivity contribution in [3.05, 3.63) is 29.8 Å². The molecule has 3 nitrogen and oxygen atoms in total. The molecule has 124 valence electrons. The lowest BCUT2D eigenvalue weighted by atomic mass is 9.94. The maximum absolute atomic E-state index is 12.2. The number of esters is 1. The monoisotopic (exact) mass is 318 g/mol. The second kappa shape index (κ2) is 8.06. The Balaban J connectivity index is 2.50. The number of alkyl halides is 3. The average Bonchev–Trinajstić information content (AvgIpc) is 2.46. The Morgan fingerprint density at radius 1 is 1.14 bits per heavy atom. The zero-order valence-corrected chi connectivity index (χ0v) is 12.9. The number of rotatable bonds is 7. The minimum atomic E-state index is -4.56. The lowest BCUT2D eigenvalue weighted by molar-refractivity contribution is -0.217. The summed E-state index contributed by atoms with van der Waals surface area (Å²) in [6.07, 6.45) is -4.65. The highest BCUT2D eigenvalue weighted by molar-refractivity contribution is 5.71. The highest BCUT2D eigenvalue weighted by Crippen LogP contribution is 2.25. The molecule has 1 aromatic rings. The van der Waals surface area contributed by atoms with E-state index in [1.54, 1.807) is 12.1 Å². The molecule has 0 amide bonds. The molecule has 1 rings (SSSR count). The van der Waals surface area contributed by atoms with Crippen LogP contribution in [0.4, 0.5) is 13.2 Å². The van der Waals surface area contributed by atoms with Gasteiger partial charge in [-0.15, -0.1) is 0 Å². The third-order valence-electron chi connectivity index (χ3n) is 3.46. The molecule has 1 aromatic carbocycles. The molecule has 0 aromatic heterocycles. The van der Waals surface area contributed by atoms with Crippen LogP contribution in [-0.4, -0.2) is 24.9 Å². The molecular weight excluding hydrogens is 297 g/mol. The Kier molecular flexibility index (Phi) is 6.71. The first kappa shape index (κ1) is 18.3. The Morgan fingerprint density at radius 3 is 2.14 bits per heavy atom. The van der Waals surface area contributed by atoms with Crippen molar-refractivity contribution in [1.82, 2.24) is 0 Å². The lowest BCUT2D eigenvalue weighted by Gasteiger charge is -2.16. The molecule has 0 N–H and O–H groups in total. The Bertz CT molecular complexity index is 465. The minimum Gasteiger partial charge on any atom is -0.482 e. The average molecular weight is 318 g/mol. The van der Waals surface area contributed by atoms with Crippen LogP contribution in [0.3, 0.4) is 0 Å². The van der Waals surface area contributed by atoms with Gasteiger partial charge in [-0.2, -0.15) is 13.2 Å². The summed E-state index contributed by atoms with van der Waals surface area (Å²) in [5.74, 6) is -0.160. The van der Waals surface area contributed by atoms with Crippen molar-refractivity contribution < 1.29 is 27.4 Å². The normalized spacial score (nSPS) is 13.0. The van der Waals surface area contributed by atoms with E-state index in [0.29, 0.717) is 11.7 Å². The summed E-state index contributed by atoms with van der Waals surface area (Å²) in [6.45, 7) is 4.44. The standard InChI is InChI=1S/C16H21F3O3/c1-4-12(5-2)13-6-8-14(9-7-13)21-10-15(20)22-11(3)16(17,18)19/h6-9,11-12H,4-5,10H2,1-3H3. The molecule has 0 spiro atoms. The third kappa shape index (κ3) is 5.58. The van der Waals surface area contributed by atoms with Crippen molar-refractivity contribution in [2.45, 2.75) is 51.8 Å². The van der Waals surface area contributed by atoms with E-state index in [1.165, 1.54) is 5.56 Å². The van der Waals surface area contributed by atoms with Gasteiger partial charge in [-0.25, -0.2) is 4.79 Å². The largest absolute Gasteiger partial charge is 0.482 e. The van der Waals surface area contributed by atoms with Crippen molar-refractivity contribution in [3.63, 3.8) is 0 Å². The number of hydrogen-bond acceptors (Lipinski definition) is 3. The number of carbonyl (C=O) groups excluding carboxylic acids is 1. The van der Waals surface area contributed by atoms with E-state index in [0.717, 1.165) is 19.8 Å². The topological polar surface area (TPSA) is 35.5 Å². The van der Waals surface area contributed by atoms with E-state index in [4.69, 9.17) is 4.74 Å². The number of benzene rings is 1. The van der Waals surface area contributed by atoms with Crippen molar-refractivity contribution in [3.8, 4) is 5.75 Å². The Hall–Kier alpha value is -1.72. The summed E-state index contributed by atoms with van der Waals surface area (Å²) in [6, 6.07) is 7.20. The van der Waals surface area contributed by atoms with E-state index < -0.39 is 24.9 Å². The fourth-order valence-corrected chi connectivity index (χ4v) is 2.04. The SMILES string of the molecule is CCC(CC)c1ccc(OCC(=O)OC(C)C(F)(F)F)cc1. The van der Waals surface area contributed by atoms with Gasteiger partial charge in [0, 0.05) is 0 Å². The fourth-order valence-electron chi connectivity index (χ4n) is 2.04. The van der Waals surface area contributed by atoms with Crippen molar-refractivity contribution in [2.75, 3.05) is 6.61 Å². The van der Waals surface area contributed by atoms with Crippen LogP contribution < -0.4 is 4.74 Å². The molecule has 6 heteroatoms. The Labute approximate surface area is 128 Å². The van der Waals surface area contributed by atoms with Crippen molar-refractivity contribution in [1.29, 1.82) is 0 Å². The molecule has 1 atom stereocenters. The van der Waals surface area contributed by atoms with Gasteiger partial charge in [-0.3, -0.25) is 0 Å². The highest BCUT2D eigenvalue weighted by Gasteiger charge is 2.39. The van der Waals surface area contributed by atoms with E-state index in [2.05, 4.69) is 18.6 Å². The van der Waals surface area contributed by atoms with Crippen LogP contribution in [0.1, 0.15) is 45.1 Å². The van der Waals surface area contributed by atoms with Gasteiger partial charge in [0.25, 0.3) is 0 Å². The maximum atomic E-state index is 12.2. The van der Waals surface area contributed by atoms with Crippen LogP contribution in [0.2, 0.25) is 0 Å². The molecule has 0 aliphatic rings. The highest BCUT2D eigenvalue weighted by atomic mass is 19.4. The van der Waals surface area contributed by atoms with E-state index in [9.17, 15) is 18.0 Å². The van der Waals surface area contributed by atoms with Crippen LogP contribution in [0.5, 0.6) is 5.75 Å². The minimum absolute atomic E-state index is 0.423. The van der Waals surface area contributed by atoms with Crippen molar-refractivity contribution >= 4 is 5.97 Å². The first-order valence-corrected chi connectivity index (χ1v) is 7.26. The van der Waals surface area contributed by atoms with Crippen molar-refractivity contribution in [2.24, 2.45) is 0 Å². The number of halogens is 3. The van der Waals surface area contributed by atoms with Gasteiger partial charge in [0.1, 0.15) is 5.75 Å². The quantitative estimate of drug-likeness (QED) is 0.696. The zero-order chi connectivity index (χ0) is 16.8. The molecule has 0 aliphatic carbocycles. The zero-order valence-electron chi connectivity index (χ0n) is 12.9. The van der Waals surface area contributed by atoms with E-state index in [1.807, 2.05) is 12.1 Å². The summed E-state index contributed by atoms with van der Waals surface area (Å²) in [5.41, 5.74) is 1.17. The Morgan fingerprint density at radius 2 is 1.68 bits per heavy atom. The smallest absolute Gasteiger partial charge is 0.425 e. The molecular formula is C16H21F3O3. The van der Waals surface area contributed by atoms with Crippen LogP contribution in [0.15, 0.2) is 24.3 Å². The molecule has 22 heavy (non-hydrogen) atoms. The first-order chi connectivity index (χ1) is 10.3. The van der Waals surface area contributed by atoms with Gasteiger partial charge in [0.2, 0.25) is 0 Å². The number of hydrogen-bond donors (Lipinski definition) is 0. The summed E-state index contributed by atoms with van der Waals surface area (Å²) >= 11 is 0. The van der Waals surface area contributed by atoms with Gasteiger partial charge in [-0.05, 0) is 43.4 Å². The summed E-state index contributed by atoms with van der Waals surface area (Å²) in [5, 5.41) is 0. The molecule has 0 aliphatic heterocycles. The molecule has 1 unspecified atom stereocenters. The van der Waals surface area contributed by atoms with E-state index in [-0.39, 0.29) is 0 Å². The maximum Gasteiger partial charge on any atom is 0.425 e. The van der Waals surface area contributed by atoms with Gasteiger partial charge >= 0.3 is 12.1 Å². The van der Waals surface area contributed by atoms with Gasteiger partial charge < -0.3 is 9.47 Å². The van der Waals surface area contributed by atoms with Gasteiger partial charge in [-0.1, -0.05) is 26.0 Å². The molecule has 0 saturated heterocycles. The fraction of sp³-hybridized carbons (Fsp3) is 0.562. The van der Waals surface area contributed by atoms with Crippen LogP contribution in [0, 0.1) is 0 Å². The summed E-state index contributed by atoms with van der Waals surface area (Å²) in [7, 11) is 0. The number of carbonyl (C=O) groups is 1. The second-order valence-electron chi connectivity index (χ2n) is 5.04. The second-order valence-corrected chi connectivity index (χ2v) is 5.04. The van der Waals surface area contributed by atoms with E-state index >= 15 is 0 Å². The van der Waals surface area contributed by atoms with Crippen LogP contribution >= 0.6 is 0 Å². The summed E-state index contributed by atoms with van der Waals surface area (Å²) < 4.78 is 46.1. The predicted molar refractivity (Wildman–Crippen MR) is 76.9 cm³/mol. The first-order valence-electron chi connectivity index (χ1n) is 7.26. The number of ether oxygens (including phenoxy) is 2. The third-order valence-corrected chi connectivity index (χ3v) is 3.46. The predicted octanol–water partition coefficient (Wildman–Crippen LogP) is 4.46. The lowest BCUT2D eigenvalue weighted by Crippen LogP contribution is -2.32. The molecule has 0 bridgehead atoms. The molecule has 0 radical (unpaired) electrons. The molecule has 0 heterocycles. The molecule has 0 saturated carbocycles. The van der Waals surface area contributed by atoms with Crippen LogP contribution in [0.25, 0.3) is 0 Å². The molecule has 0 fully saturated rings.